The summed E-state index contributed by atoms with van der Waals surface area (Å²) >= 11 is 0. The highest BCUT2D eigenvalue weighted by atomic mass is 16.5. The van der Waals surface area contributed by atoms with Gasteiger partial charge in [0.1, 0.15) is 30.5 Å². The third kappa shape index (κ3) is 2.48. The third-order valence-corrected chi connectivity index (χ3v) is 3.12. The normalized spacial score (nSPS) is 16.8. The maximum absolute atomic E-state index is 9.38. The summed E-state index contributed by atoms with van der Waals surface area (Å²) in [5.41, 5.74) is 7.82. The van der Waals surface area contributed by atoms with Crippen LogP contribution in [0.3, 0.4) is 0 Å². The summed E-state index contributed by atoms with van der Waals surface area (Å²) in [5.74, 6) is 1.77. The lowest BCUT2D eigenvalue weighted by Crippen LogP contribution is -2.10. The molecule has 0 fully saturated rings. The maximum Gasteiger partial charge on any atom is 0.127 e. The van der Waals surface area contributed by atoms with E-state index >= 15 is 0 Å². The van der Waals surface area contributed by atoms with E-state index in [1.165, 1.54) is 0 Å². The van der Waals surface area contributed by atoms with E-state index in [1.54, 1.807) is 18.2 Å². The van der Waals surface area contributed by atoms with E-state index in [4.69, 9.17) is 15.2 Å². The van der Waals surface area contributed by atoms with E-state index in [9.17, 15) is 5.11 Å². The zero-order chi connectivity index (χ0) is 13.2. The van der Waals surface area contributed by atoms with Crippen LogP contribution in [0.1, 0.15) is 17.2 Å². The minimum Gasteiger partial charge on any atom is -0.508 e. The Labute approximate surface area is 111 Å². The summed E-state index contributed by atoms with van der Waals surface area (Å²) < 4.78 is 11.2. The van der Waals surface area contributed by atoms with Crippen molar-refractivity contribution in [2.45, 2.75) is 12.6 Å². The van der Waals surface area contributed by atoms with E-state index in [0.717, 1.165) is 22.6 Å². The maximum atomic E-state index is 9.38. The van der Waals surface area contributed by atoms with Gasteiger partial charge >= 0.3 is 0 Å². The first kappa shape index (κ1) is 11.9. The lowest BCUT2D eigenvalue weighted by molar-refractivity contribution is 0.300. The predicted molar refractivity (Wildman–Crippen MR) is 71.3 cm³/mol. The van der Waals surface area contributed by atoms with Crippen LogP contribution in [-0.4, -0.2) is 11.7 Å². The monoisotopic (exact) mass is 257 g/mol. The fourth-order valence-electron chi connectivity index (χ4n) is 2.12. The average Bonchev–Trinajstić information content (AvgIpc) is 2.78. The Hall–Kier alpha value is -2.20. The first-order chi connectivity index (χ1) is 9.22. The molecule has 2 aromatic rings. The molecular weight excluding hydrogens is 242 g/mol. The van der Waals surface area contributed by atoms with E-state index in [-0.39, 0.29) is 11.8 Å². The van der Waals surface area contributed by atoms with Crippen molar-refractivity contribution in [3.63, 3.8) is 0 Å². The molecule has 1 atom stereocenters. The van der Waals surface area contributed by atoms with Crippen LogP contribution in [0.2, 0.25) is 0 Å². The standard InChI is InChI=1S/C15H15NO3/c16-14-9-19-15-7-12(4-5-13(14)15)18-8-10-2-1-3-11(17)6-10/h1-7,14,17H,8-9,16H2. The second kappa shape index (κ2) is 4.82. The summed E-state index contributed by atoms with van der Waals surface area (Å²) in [6, 6.07) is 12.6. The molecule has 0 aliphatic carbocycles. The number of aromatic hydroxyl groups is 1. The van der Waals surface area contributed by atoms with Gasteiger partial charge in [-0.05, 0) is 29.8 Å². The van der Waals surface area contributed by atoms with Gasteiger partial charge in [0.15, 0.2) is 0 Å². The zero-order valence-corrected chi connectivity index (χ0v) is 10.4. The van der Waals surface area contributed by atoms with Gasteiger partial charge < -0.3 is 20.3 Å². The van der Waals surface area contributed by atoms with Crippen LogP contribution < -0.4 is 15.2 Å². The quantitative estimate of drug-likeness (QED) is 0.886. The molecule has 1 heterocycles. The van der Waals surface area contributed by atoms with Gasteiger partial charge in [-0.1, -0.05) is 12.1 Å². The SMILES string of the molecule is NC1COc2cc(OCc3cccc(O)c3)ccc21. The Bertz CT molecular complexity index is 598. The van der Waals surface area contributed by atoms with Crippen LogP contribution in [0, 0.1) is 0 Å². The molecule has 1 aliphatic rings. The number of phenolic OH excluding ortho intramolecular Hbond substituents is 1. The number of phenols is 1. The molecule has 0 radical (unpaired) electrons. The molecule has 4 nitrogen and oxygen atoms in total. The number of benzene rings is 2. The first-order valence-corrected chi connectivity index (χ1v) is 6.15. The van der Waals surface area contributed by atoms with Crippen LogP contribution >= 0.6 is 0 Å². The van der Waals surface area contributed by atoms with E-state index in [1.807, 2.05) is 24.3 Å². The Balaban J connectivity index is 1.71. The van der Waals surface area contributed by atoms with Gasteiger partial charge in [0.05, 0.1) is 6.04 Å². The molecule has 1 unspecified atom stereocenters. The first-order valence-electron chi connectivity index (χ1n) is 6.15. The van der Waals surface area contributed by atoms with Crippen molar-refractivity contribution in [3.05, 3.63) is 53.6 Å². The molecule has 0 aromatic heterocycles. The van der Waals surface area contributed by atoms with E-state index in [0.29, 0.717) is 13.2 Å². The van der Waals surface area contributed by atoms with Crippen LogP contribution in [0.5, 0.6) is 17.2 Å². The number of nitrogens with two attached hydrogens (primary N) is 1. The summed E-state index contributed by atoms with van der Waals surface area (Å²) in [7, 11) is 0. The molecular formula is C15H15NO3. The van der Waals surface area contributed by atoms with Crippen molar-refractivity contribution < 1.29 is 14.6 Å². The van der Waals surface area contributed by atoms with Crippen molar-refractivity contribution in [1.82, 2.24) is 0 Å². The molecule has 4 heteroatoms. The van der Waals surface area contributed by atoms with Gasteiger partial charge in [-0.3, -0.25) is 0 Å². The fourth-order valence-corrected chi connectivity index (χ4v) is 2.12. The molecule has 3 N–H and O–H groups in total. The lowest BCUT2D eigenvalue weighted by atomic mass is 10.1. The average molecular weight is 257 g/mol. The number of hydrogen-bond donors (Lipinski definition) is 2. The van der Waals surface area contributed by atoms with Crippen molar-refractivity contribution in [2.75, 3.05) is 6.61 Å². The van der Waals surface area contributed by atoms with Gasteiger partial charge in [0.2, 0.25) is 0 Å². The van der Waals surface area contributed by atoms with Gasteiger partial charge in [0, 0.05) is 11.6 Å². The second-order valence-electron chi connectivity index (χ2n) is 4.58. The number of fused-ring (bicyclic) bond motifs is 1. The second-order valence-corrected chi connectivity index (χ2v) is 4.58. The molecule has 3 rings (SSSR count). The molecule has 0 amide bonds. The Kier molecular flexibility index (Phi) is 3.01. The number of rotatable bonds is 3. The summed E-state index contributed by atoms with van der Waals surface area (Å²) in [6.07, 6.45) is 0. The van der Waals surface area contributed by atoms with Crippen LogP contribution in [0.25, 0.3) is 0 Å². The third-order valence-electron chi connectivity index (χ3n) is 3.12. The Morgan fingerprint density at radius 2 is 2.16 bits per heavy atom. The van der Waals surface area contributed by atoms with E-state index < -0.39 is 0 Å². The lowest BCUT2D eigenvalue weighted by Gasteiger charge is -2.08. The van der Waals surface area contributed by atoms with Crippen molar-refractivity contribution >= 4 is 0 Å². The molecule has 2 aromatic carbocycles. The molecule has 1 aliphatic heterocycles. The summed E-state index contributed by atoms with van der Waals surface area (Å²) in [5, 5.41) is 9.38. The summed E-state index contributed by atoms with van der Waals surface area (Å²) in [4.78, 5) is 0. The molecule has 0 saturated heterocycles. The topological polar surface area (TPSA) is 64.7 Å². The molecule has 0 spiro atoms. The zero-order valence-electron chi connectivity index (χ0n) is 10.4. The largest absolute Gasteiger partial charge is 0.508 e. The highest BCUT2D eigenvalue weighted by molar-refractivity contribution is 5.44. The van der Waals surface area contributed by atoms with E-state index in [2.05, 4.69) is 0 Å². The van der Waals surface area contributed by atoms with Gasteiger partial charge in [-0.25, -0.2) is 0 Å². The van der Waals surface area contributed by atoms with Crippen LogP contribution in [0.15, 0.2) is 42.5 Å². The highest BCUT2D eigenvalue weighted by Crippen LogP contribution is 2.34. The summed E-state index contributed by atoms with van der Waals surface area (Å²) in [6.45, 7) is 0.921. The molecule has 98 valence electrons. The Morgan fingerprint density at radius 3 is 3.00 bits per heavy atom. The number of ether oxygens (including phenoxy) is 2. The molecule has 0 bridgehead atoms. The minimum atomic E-state index is -0.0462. The van der Waals surface area contributed by atoms with Gasteiger partial charge in [-0.2, -0.15) is 0 Å². The molecule has 0 saturated carbocycles. The van der Waals surface area contributed by atoms with Crippen molar-refractivity contribution in [3.8, 4) is 17.2 Å². The van der Waals surface area contributed by atoms with Crippen LogP contribution in [0.4, 0.5) is 0 Å². The minimum absolute atomic E-state index is 0.0462. The van der Waals surface area contributed by atoms with Crippen molar-refractivity contribution in [1.29, 1.82) is 0 Å². The smallest absolute Gasteiger partial charge is 0.127 e. The Morgan fingerprint density at radius 1 is 1.26 bits per heavy atom. The fraction of sp³-hybridized carbons (Fsp3) is 0.200. The molecule has 19 heavy (non-hydrogen) atoms. The van der Waals surface area contributed by atoms with Crippen LogP contribution in [-0.2, 0) is 6.61 Å². The van der Waals surface area contributed by atoms with Gasteiger partial charge in [-0.15, -0.1) is 0 Å². The van der Waals surface area contributed by atoms with Crippen molar-refractivity contribution in [2.24, 2.45) is 5.73 Å². The highest BCUT2D eigenvalue weighted by Gasteiger charge is 2.20. The predicted octanol–water partition coefficient (Wildman–Crippen LogP) is 2.36. The van der Waals surface area contributed by atoms with Gasteiger partial charge in [0.25, 0.3) is 0 Å². The number of hydrogen-bond acceptors (Lipinski definition) is 4.